The summed E-state index contributed by atoms with van der Waals surface area (Å²) in [5.74, 6) is 2.95. The van der Waals surface area contributed by atoms with Crippen LogP contribution in [0, 0.1) is 0 Å². The zero-order chi connectivity index (χ0) is 35.4. The van der Waals surface area contributed by atoms with Crippen LogP contribution >= 0.6 is 0 Å². The van der Waals surface area contributed by atoms with Crippen LogP contribution in [0.15, 0.2) is 119 Å². The van der Waals surface area contributed by atoms with E-state index in [9.17, 15) is 5.11 Å². The summed E-state index contributed by atoms with van der Waals surface area (Å²) in [5, 5.41) is 17.9. The summed E-state index contributed by atoms with van der Waals surface area (Å²) in [7, 11) is 3.17. The molecule has 0 spiro atoms. The van der Waals surface area contributed by atoms with Crippen molar-refractivity contribution in [3.05, 3.63) is 122 Å². The van der Waals surface area contributed by atoms with Crippen LogP contribution < -0.4 is 14.2 Å². The van der Waals surface area contributed by atoms with Crippen molar-refractivity contribution in [1.29, 1.82) is 0 Å². The van der Waals surface area contributed by atoms with Gasteiger partial charge in [0.25, 0.3) is 0 Å². The zero-order valence-corrected chi connectivity index (χ0v) is 27.3. The molecule has 0 aliphatic carbocycles. The van der Waals surface area contributed by atoms with Crippen LogP contribution in [0.25, 0.3) is 45.4 Å². The van der Waals surface area contributed by atoms with Crippen molar-refractivity contribution in [2.75, 3.05) is 14.2 Å². The molecule has 15 nitrogen and oxygen atoms in total. The minimum atomic E-state index is 0.00417. The van der Waals surface area contributed by atoms with Crippen LogP contribution in [0.4, 0.5) is 0 Å². The number of methoxy groups -OCH3 is 2. The van der Waals surface area contributed by atoms with Crippen LogP contribution in [0.2, 0.25) is 0 Å². The molecule has 0 atom stereocenters. The molecule has 0 fully saturated rings. The number of hydrogen-bond donors (Lipinski definition) is 2. The van der Waals surface area contributed by atoms with Gasteiger partial charge >= 0.3 is 0 Å². The first-order chi connectivity index (χ1) is 25.0. The summed E-state index contributed by atoms with van der Waals surface area (Å²) in [4.78, 5) is 32.8. The number of pyridine rings is 6. The highest BCUT2D eigenvalue weighted by Gasteiger charge is 2.11. The van der Waals surface area contributed by atoms with Crippen molar-refractivity contribution < 1.29 is 33.3 Å². The Labute approximate surface area is 290 Å². The lowest BCUT2D eigenvalue weighted by molar-refractivity contribution is 0.280. The predicted molar refractivity (Wildman–Crippen MR) is 184 cm³/mol. The molecule has 0 aliphatic heterocycles. The highest BCUT2D eigenvalue weighted by molar-refractivity contribution is 5.74. The van der Waals surface area contributed by atoms with E-state index in [0.29, 0.717) is 58.1 Å². The maximum Gasteiger partial charge on any atom is 0.247 e. The van der Waals surface area contributed by atoms with Crippen molar-refractivity contribution in [2.45, 2.75) is 13.2 Å². The van der Waals surface area contributed by atoms with Gasteiger partial charge in [-0.15, -0.1) is 0 Å². The SMILES string of the molecule is COc1cncc(CO)c1.COc1cncc(COc2cnc3oc(-c4cccnc4)nc3c2)c1.Oc1cnc2oc(-c3cccnc3)nc2c1. The molecule has 15 heteroatoms. The third-order valence-electron chi connectivity index (χ3n) is 6.87. The van der Waals surface area contributed by atoms with E-state index in [4.69, 9.17) is 28.2 Å². The molecule has 2 N–H and O–H groups in total. The number of oxazole rings is 2. The van der Waals surface area contributed by atoms with E-state index in [0.717, 1.165) is 22.3 Å². The molecular weight excluding hydrogens is 656 g/mol. The highest BCUT2D eigenvalue weighted by atomic mass is 16.5. The summed E-state index contributed by atoms with van der Waals surface area (Å²) in [6, 6.07) is 14.3. The highest BCUT2D eigenvalue weighted by Crippen LogP contribution is 2.26. The van der Waals surface area contributed by atoms with Gasteiger partial charge < -0.3 is 33.3 Å². The first-order valence-electron chi connectivity index (χ1n) is 15.2. The molecule has 0 unspecified atom stereocenters. The number of aromatic nitrogens is 8. The molecule has 0 aromatic carbocycles. The van der Waals surface area contributed by atoms with E-state index in [1.54, 1.807) is 88.2 Å². The fourth-order valence-electron chi connectivity index (χ4n) is 4.40. The van der Waals surface area contributed by atoms with E-state index in [1.165, 1.54) is 12.3 Å². The zero-order valence-electron chi connectivity index (χ0n) is 27.3. The largest absolute Gasteiger partial charge is 0.506 e. The number of rotatable bonds is 8. The van der Waals surface area contributed by atoms with Crippen molar-refractivity contribution in [1.82, 2.24) is 39.9 Å². The van der Waals surface area contributed by atoms with Gasteiger partial charge in [-0.2, -0.15) is 0 Å². The molecule has 51 heavy (non-hydrogen) atoms. The molecule has 8 aromatic heterocycles. The summed E-state index contributed by atoms with van der Waals surface area (Å²) in [6.07, 6.45) is 16.2. The average molecular weight is 687 g/mol. The lowest BCUT2D eigenvalue weighted by atomic mass is 10.3. The van der Waals surface area contributed by atoms with Crippen molar-refractivity contribution in [2.24, 2.45) is 0 Å². The predicted octanol–water partition coefficient (Wildman–Crippen LogP) is 5.84. The van der Waals surface area contributed by atoms with Gasteiger partial charge in [-0.1, -0.05) is 0 Å². The van der Waals surface area contributed by atoms with Crippen LogP contribution in [0.5, 0.6) is 23.0 Å². The first kappa shape index (κ1) is 33.9. The topological polar surface area (TPSA) is 198 Å². The van der Waals surface area contributed by atoms with Gasteiger partial charge in [-0.25, -0.2) is 19.9 Å². The van der Waals surface area contributed by atoms with Gasteiger partial charge in [0, 0.05) is 54.9 Å². The molecule has 0 bridgehead atoms. The molecular formula is C36H30N8O7. The molecule has 0 saturated carbocycles. The lowest BCUT2D eigenvalue weighted by Gasteiger charge is -2.06. The second kappa shape index (κ2) is 16.4. The molecule has 0 radical (unpaired) electrons. The summed E-state index contributed by atoms with van der Waals surface area (Å²) < 4.78 is 26.9. The Hall–Kier alpha value is -7.00. The third kappa shape index (κ3) is 8.92. The van der Waals surface area contributed by atoms with Gasteiger partial charge in [0.15, 0.2) is 0 Å². The quantitative estimate of drug-likeness (QED) is 0.193. The number of fused-ring (bicyclic) bond motifs is 2. The minimum Gasteiger partial charge on any atom is -0.506 e. The third-order valence-corrected chi connectivity index (χ3v) is 6.87. The fourth-order valence-corrected chi connectivity index (χ4v) is 4.40. The van der Waals surface area contributed by atoms with E-state index < -0.39 is 0 Å². The summed E-state index contributed by atoms with van der Waals surface area (Å²) in [5.41, 5.74) is 5.24. The maximum absolute atomic E-state index is 9.25. The Kier molecular flexibility index (Phi) is 10.9. The monoisotopic (exact) mass is 686 g/mol. The molecule has 8 rings (SSSR count). The van der Waals surface area contributed by atoms with Gasteiger partial charge in [0.05, 0.1) is 56.7 Å². The molecule has 8 aromatic rings. The van der Waals surface area contributed by atoms with Crippen LogP contribution in [-0.2, 0) is 13.2 Å². The molecule has 0 aliphatic rings. The number of nitrogens with zero attached hydrogens (tertiary/aromatic N) is 8. The van der Waals surface area contributed by atoms with Gasteiger partial charge in [0.1, 0.15) is 40.6 Å². The van der Waals surface area contributed by atoms with Crippen LogP contribution in [-0.4, -0.2) is 64.3 Å². The number of aliphatic hydroxyl groups is 1. The Bertz CT molecular complexity index is 2300. The van der Waals surface area contributed by atoms with Crippen molar-refractivity contribution in [3.63, 3.8) is 0 Å². The van der Waals surface area contributed by atoms with Gasteiger partial charge in [-0.05, 0) is 42.0 Å². The molecule has 0 saturated heterocycles. The Morgan fingerprint density at radius 3 is 1.75 bits per heavy atom. The molecule has 0 amide bonds. The average Bonchev–Trinajstić information content (AvgIpc) is 3.82. The Morgan fingerprint density at radius 1 is 0.608 bits per heavy atom. The van der Waals surface area contributed by atoms with Crippen LogP contribution in [0.3, 0.4) is 0 Å². The number of aromatic hydroxyl groups is 1. The second-order valence-corrected chi connectivity index (χ2v) is 10.4. The van der Waals surface area contributed by atoms with Crippen LogP contribution in [0.1, 0.15) is 11.1 Å². The number of aliphatic hydroxyl groups excluding tert-OH is 1. The van der Waals surface area contributed by atoms with Gasteiger partial charge in [-0.3, -0.25) is 19.9 Å². The standard InChI is InChI=1S/C18H14N4O3.C11H7N3O2.C7H9NO2/c1-23-14-5-12(7-20-9-14)11-24-15-6-16-18(21-10-15)25-17(22-16)13-3-2-4-19-8-13;15-8-4-9-11(13-6-8)16-10(14-9)7-2-1-3-12-5-7;1-10-7-2-6(5-9)3-8-4-7/h2-10H,11H2,1H3;1-6,15H;2-4,9H,5H2,1H3. The number of hydrogen-bond acceptors (Lipinski definition) is 15. The van der Waals surface area contributed by atoms with Crippen molar-refractivity contribution >= 4 is 22.5 Å². The lowest BCUT2D eigenvalue weighted by Crippen LogP contribution is -1.97. The first-order valence-corrected chi connectivity index (χ1v) is 15.2. The van der Waals surface area contributed by atoms with E-state index in [-0.39, 0.29) is 12.4 Å². The molecule has 8 heterocycles. The Morgan fingerprint density at radius 2 is 1.18 bits per heavy atom. The van der Waals surface area contributed by atoms with Crippen molar-refractivity contribution in [3.8, 4) is 45.9 Å². The normalized spacial score (nSPS) is 10.5. The summed E-state index contributed by atoms with van der Waals surface area (Å²) >= 11 is 0. The van der Waals surface area contributed by atoms with E-state index in [2.05, 4.69) is 39.9 Å². The molecule has 256 valence electrons. The van der Waals surface area contributed by atoms with E-state index >= 15 is 0 Å². The van der Waals surface area contributed by atoms with E-state index in [1.807, 2.05) is 24.3 Å². The smallest absolute Gasteiger partial charge is 0.247 e. The fraction of sp³-hybridized carbons (Fsp3) is 0.111. The summed E-state index contributed by atoms with van der Waals surface area (Å²) in [6.45, 7) is 0.356. The van der Waals surface area contributed by atoms with Gasteiger partial charge in [0.2, 0.25) is 23.2 Å². The Balaban J connectivity index is 0.000000147. The second-order valence-electron chi connectivity index (χ2n) is 10.4. The number of ether oxygens (including phenoxy) is 3. The minimum absolute atomic E-state index is 0.00417. The maximum atomic E-state index is 9.25.